The van der Waals surface area contributed by atoms with Gasteiger partial charge in [-0.1, -0.05) is 58.6 Å². The summed E-state index contributed by atoms with van der Waals surface area (Å²) in [6, 6.07) is 7.78. The van der Waals surface area contributed by atoms with E-state index in [2.05, 4.69) is 30.9 Å². The molecule has 0 saturated carbocycles. The topological polar surface area (TPSA) is 149 Å². The van der Waals surface area contributed by atoms with Gasteiger partial charge in [0.1, 0.15) is 23.6 Å². The Morgan fingerprint density at radius 3 is 1.84 bits per heavy atom. The molecule has 0 bridgehead atoms. The first kappa shape index (κ1) is 42.3. The average Bonchev–Trinajstić information content (AvgIpc) is 3.01. The highest BCUT2D eigenvalue weighted by Crippen LogP contribution is 2.40. The first-order valence-corrected chi connectivity index (χ1v) is 19.8. The Morgan fingerprint density at radius 2 is 1.37 bits per heavy atom. The molecule has 0 aliphatic heterocycles. The van der Waals surface area contributed by atoms with Gasteiger partial charge in [-0.05, 0) is 126 Å². The monoisotopic (exact) mass is 703 g/mol. The maximum atomic E-state index is 14.8. The molecule has 0 aromatic heterocycles. The summed E-state index contributed by atoms with van der Waals surface area (Å²) in [5, 5.41) is 16.4. The summed E-state index contributed by atoms with van der Waals surface area (Å²) in [6.45, 7) is 17.7. The molecule has 0 aliphatic rings. The van der Waals surface area contributed by atoms with Crippen molar-refractivity contribution in [2.45, 2.75) is 144 Å². The minimum absolute atomic E-state index is 0.196. The van der Waals surface area contributed by atoms with Crippen LogP contribution in [0, 0.1) is 13.8 Å². The number of carbonyl (C=O) groups excluding carboxylic acids is 2. The second-order valence-electron chi connectivity index (χ2n) is 13.9. The van der Waals surface area contributed by atoms with Gasteiger partial charge in [0.15, 0.2) is 6.35 Å². The summed E-state index contributed by atoms with van der Waals surface area (Å²) in [7, 11) is -3.78. The molecule has 49 heavy (non-hydrogen) atoms. The lowest BCUT2D eigenvalue weighted by Crippen LogP contribution is -2.46. The molecule has 5 N–H and O–H groups in total. The molecule has 0 spiro atoms. The van der Waals surface area contributed by atoms with Gasteiger partial charge in [0, 0.05) is 0 Å². The number of unbranched alkanes of at least 4 members (excludes halogenated alkanes) is 3. The van der Waals surface area contributed by atoms with E-state index in [9.17, 15) is 19.3 Å². The fourth-order valence-corrected chi connectivity index (χ4v) is 7.70. The van der Waals surface area contributed by atoms with E-state index < -0.39 is 31.5 Å². The van der Waals surface area contributed by atoms with Crippen LogP contribution >= 0.6 is 7.44 Å². The molecule has 0 fully saturated rings. The van der Waals surface area contributed by atoms with Gasteiger partial charge in [-0.2, -0.15) is 0 Å². The third-order valence-corrected chi connectivity index (χ3v) is 10.2. The first-order valence-electron chi connectivity index (χ1n) is 17.9. The maximum absolute atomic E-state index is 14.8. The van der Waals surface area contributed by atoms with E-state index in [1.165, 1.54) is 0 Å². The third kappa shape index (κ3) is 14.5. The molecular weight excluding hydrogens is 641 g/mol. The highest BCUT2D eigenvalue weighted by molar-refractivity contribution is 7.59. The van der Waals surface area contributed by atoms with E-state index in [-0.39, 0.29) is 24.5 Å². The summed E-state index contributed by atoms with van der Waals surface area (Å²) < 4.78 is 32.1. The standard InChI is InChI=1S/C38H62N3O7P/c1-10-11-12-15-34(37(43)47-26(4)5)40-49(45,41-35(16-13-14-19-39)38(44)48-27(6)7)24-46-31-20-28(8)33(29(9)21-31)23-30-17-18-36(42)32(22-30)25(2)3/h17-18,20-22,25-27,34-35,42H,10-16,19,23-24,39H2,1-9H3,(H2,40,41,45). The lowest BCUT2D eigenvalue weighted by molar-refractivity contribution is -0.150. The van der Waals surface area contributed by atoms with Gasteiger partial charge in [0.05, 0.1) is 12.2 Å². The van der Waals surface area contributed by atoms with Gasteiger partial charge in [-0.25, -0.2) is 10.2 Å². The molecule has 3 unspecified atom stereocenters. The minimum Gasteiger partial charge on any atom is -0.508 e. The van der Waals surface area contributed by atoms with Crippen molar-refractivity contribution in [3.8, 4) is 11.5 Å². The summed E-state index contributed by atoms with van der Waals surface area (Å²) in [5.41, 5.74) is 10.9. The van der Waals surface area contributed by atoms with Crippen LogP contribution < -0.4 is 20.6 Å². The van der Waals surface area contributed by atoms with Gasteiger partial charge in [-0.15, -0.1) is 0 Å². The Labute approximate surface area is 294 Å². The molecule has 0 aliphatic carbocycles. The number of benzene rings is 2. The maximum Gasteiger partial charge on any atom is 0.323 e. The normalized spacial score (nSPS) is 14.1. The van der Waals surface area contributed by atoms with Crippen LogP contribution in [0.1, 0.15) is 127 Å². The van der Waals surface area contributed by atoms with Crippen LogP contribution in [0.2, 0.25) is 0 Å². The number of hydrogen-bond acceptors (Lipinski definition) is 8. The summed E-state index contributed by atoms with van der Waals surface area (Å²) in [4.78, 5) is 26.5. The lowest BCUT2D eigenvalue weighted by atomic mass is 9.93. The first-order chi connectivity index (χ1) is 23.1. The zero-order valence-electron chi connectivity index (χ0n) is 31.3. The number of phenols is 1. The van der Waals surface area contributed by atoms with Gasteiger partial charge >= 0.3 is 11.9 Å². The quantitative estimate of drug-likeness (QED) is 0.0544. The fraction of sp³-hybridized carbons (Fsp3) is 0.632. The molecule has 10 nitrogen and oxygen atoms in total. The van der Waals surface area contributed by atoms with Crippen LogP contribution in [0.5, 0.6) is 11.5 Å². The molecule has 2 aromatic rings. The molecule has 0 heterocycles. The smallest absolute Gasteiger partial charge is 0.323 e. The second kappa shape index (κ2) is 20.7. The molecule has 11 heteroatoms. The van der Waals surface area contributed by atoms with Crippen LogP contribution in [0.3, 0.4) is 0 Å². The predicted octanol–water partition coefficient (Wildman–Crippen LogP) is 7.78. The van der Waals surface area contributed by atoms with Crippen molar-refractivity contribution in [1.82, 2.24) is 10.2 Å². The van der Waals surface area contributed by atoms with Gasteiger partial charge in [0.2, 0.25) is 7.44 Å². The second-order valence-corrected chi connectivity index (χ2v) is 16.1. The van der Waals surface area contributed by atoms with Crippen molar-refractivity contribution in [3.05, 3.63) is 58.1 Å². The Kier molecular flexibility index (Phi) is 17.8. The molecule has 0 radical (unpaired) electrons. The van der Waals surface area contributed by atoms with Crippen molar-refractivity contribution < 1.29 is 33.5 Å². The van der Waals surface area contributed by atoms with Gasteiger partial charge in [-0.3, -0.25) is 14.2 Å². The van der Waals surface area contributed by atoms with Crippen LogP contribution in [0.25, 0.3) is 0 Å². The minimum atomic E-state index is -3.78. The molecule has 0 saturated heterocycles. The highest BCUT2D eigenvalue weighted by Gasteiger charge is 2.36. The lowest BCUT2D eigenvalue weighted by Gasteiger charge is -2.30. The number of nitrogens with one attached hydrogen (secondary N) is 2. The van der Waals surface area contributed by atoms with Gasteiger partial charge in [0.25, 0.3) is 0 Å². The molecule has 3 atom stereocenters. The number of phenolic OH excluding ortho intramolecular Hbond substituents is 1. The Bertz CT molecular complexity index is 1330. The van der Waals surface area contributed by atoms with Crippen LogP contribution in [-0.4, -0.2) is 54.2 Å². The van der Waals surface area contributed by atoms with E-state index in [1.807, 2.05) is 38.1 Å². The van der Waals surface area contributed by atoms with Crippen molar-refractivity contribution in [2.24, 2.45) is 5.73 Å². The molecular formula is C38H62N3O7P. The SMILES string of the molecule is CCCCCC(NP(=O)(COc1cc(C)c(Cc2ccc(O)c(C(C)C)c2)c(C)c1)NC(CCCCN)C(=O)OC(C)C)C(=O)OC(C)C. The number of hydrogen-bond donors (Lipinski definition) is 4. The molecule has 0 amide bonds. The van der Waals surface area contributed by atoms with Crippen molar-refractivity contribution in [1.29, 1.82) is 0 Å². The summed E-state index contributed by atoms with van der Waals surface area (Å²) in [6.07, 6.45) is 4.33. The number of rotatable bonds is 22. The van der Waals surface area contributed by atoms with Crippen LogP contribution in [0.15, 0.2) is 30.3 Å². The largest absolute Gasteiger partial charge is 0.508 e. The highest BCUT2D eigenvalue weighted by atomic mass is 31.2. The number of nitrogens with two attached hydrogens (primary N) is 1. The van der Waals surface area contributed by atoms with Crippen LogP contribution in [-0.2, 0) is 30.0 Å². The van der Waals surface area contributed by atoms with Crippen molar-refractivity contribution >= 4 is 19.4 Å². The molecule has 2 rings (SSSR count). The molecule has 2 aromatic carbocycles. The van der Waals surface area contributed by atoms with E-state index in [0.29, 0.717) is 50.1 Å². The zero-order valence-corrected chi connectivity index (χ0v) is 32.2. The van der Waals surface area contributed by atoms with E-state index >= 15 is 0 Å². The Morgan fingerprint density at radius 1 is 0.837 bits per heavy atom. The van der Waals surface area contributed by atoms with E-state index in [0.717, 1.165) is 47.1 Å². The number of esters is 2. The van der Waals surface area contributed by atoms with Crippen LogP contribution in [0.4, 0.5) is 0 Å². The van der Waals surface area contributed by atoms with Gasteiger partial charge < -0.3 is 25.1 Å². The number of aryl methyl sites for hydroxylation is 2. The summed E-state index contributed by atoms with van der Waals surface area (Å²) >= 11 is 0. The third-order valence-electron chi connectivity index (χ3n) is 8.22. The number of aromatic hydroxyl groups is 1. The fourth-order valence-electron chi connectivity index (χ4n) is 5.67. The average molecular weight is 704 g/mol. The van der Waals surface area contributed by atoms with Crippen molar-refractivity contribution in [3.63, 3.8) is 0 Å². The summed E-state index contributed by atoms with van der Waals surface area (Å²) in [5.74, 6) is -0.00267. The Hall–Kier alpha value is -2.91. The Balaban J connectivity index is 2.43. The number of carbonyl (C=O) groups is 2. The predicted molar refractivity (Wildman–Crippen MR) is 197 cm³/mol. The molecule has 276 valence electrons. The van der Waals surface area contributed by atoms with E-state index in [4.69, 9.17) is 19.9 Å². The zero-order chi connectivity index (χ0) is 36.7. The number of ether oxygens (including phenoxy) is 3. The van der Waals surface area contributed by atoms with E-state index in [1.54, 1.807) is 33.8 Å². The van der Waals surface area contributed by atoms with Crippen molar-refractivity contribution in [2.75, 3.05) is 12.9 Å².